The predicted octanol–water partition coefficient (Wildman–Crippen LogP) is 4.06. The van der Waals surface area contributed by atoms with Crippen molar-refractivity contribution in [3.05, 3.63) is 53.1 Å². The second kappa shape index (κ2) is 10.6. The van der Waals surface area contributed by atoms with Crippen LogP contribution in [0.25, 0.3) is 22.8 Å². The SMILES string of the molecule is CC(C)Oc1ccc(-c2nc(-c3cccc4c3CCC4NS(=O)(=O)CCN3CCCC3)no2)cc1C#N. The average molecular weight is 522 g/mol. The Morgan fingerprint density at radius 1 is 1.24 bits per heavy atom. The highest BCUT2D eigenvalue weighted by molar-refractivity contribution is 7.89. The Bertz CT molecular complexity index is 1420. The molecule has 0 saturated carbocycles. The summed E-state index contributed by atoms with van der Waals surface area (Å²) in [4.78, 5) is 6.80. The van der Waals surface area contributed by atoms with Crippen LogP contribution in [0.4, 0.5) is 0 Å². The van der Waals surface area contributed by atoms with E-state index in [4.69, 9.17) is 9.26 Å². The summed E-state index contributed by atoms with van der Waals surface area (Å²) in [7, 11) is -3.40. The van der Waals surface area contributed by atoms with Gasteiger partial charge in [0, 0.05) is 23.7 Å². The van der Waals surface area contributed by atoms with Crippen molar-refractivity contribution < 1.29 is 17.7 Å². The zero-order valence-electron chi connectivity index (χ0n) is 21.1. The molecular formula is C27H31N5O4S. The van der Waals surface area contributed by atoms with E-state index in [0.29, 0.717) is 48.0 Å². The van der Waals surface area contributed by atoms with Gasteiger partial charge < -0.3 is 14.2 Å². The van der Waals surface area contributed by atoms with Crippen LogP contribution in [-0.4, -0.2) is 54.9 Å². The van der Waals surface area contributed by atoms with Crippen LogP contribution < -0.4 is 9.46 Å². The average Bonchev–Trinajstić information content (AvgIpc) is 3.64. The first kappa shape index (κ1) is 25.4. The highest BCUT2D eigenvalue weighted by Gasteiger charge is 2.30. The van der Waals surface area contributed by atoms with Gasteiger partial charge in [0.05, 0.1) is 17.4 Å². The molecular weight excluding hydrogens is 490 g/mol. The molecule has 1 unspecified atom stereocenters. The molecule has 0 radical (unpaired) electrons. The van der Waals surface area contributed by atoms with E-state index in [-0.39, 0.29) is 17.9 Å². The maximum Gasteiger partial charge on any atom is 0.258 e. The topological polar surface area (TPSA) is 121 Å². The molecule has 1 saturated heterocycles. The molecule has 9 nitrogen and oxygen atoms in total. The third-order valence-electron chi connectivity index (χ3n) is 6.84. The van der Waals surface area contributed by atoms with Crippen molar-refractivity contribution in [2.75, 3.05) is 25.4 Å². The molecule has 2 aromatic carbocycles. The zero-order valence-corrected chi connectivity index (χ0v) is 21.9. The van der Waals surface area contributed by atoms with E-state index in [1.54, 1.807) is 18.2 Å². The Kier molecular flexibility index (Phi) is 7.29. The molecule has 1 aromatic heterocycles. The lowest BCUT2D eigenvalue weighted by molar-refractivity contribution is 0.241. The van der Waals surface area contributed by atoms with Crippen LogP contribution in [-0.2, 0) is 16.4 Å². The number of ether oxygens (including phenoxy) is 1. The zero-order chi connectivity index (χ0) is 26.0. The predicted molar refractivity (Wildman–Crippen MR) is 139 cm³/mol. The van der Waals surface area contributed by atoms with Crippen molar-refractivity contribution in [3.63, 3.8) is 0 Å². The summed E-state index contributed by atoms with van der Waals surface area (Å²) in [5.41, 5.74) is 3.83. The van der Waals surface area contributed by atoms with Gasteiger partial charge in [0.25, 0.3) is 5.89 Å². The molecule has 2 heterocycles. The second-order valence-electron chi connectivity index (χ2n) is 9.86. The summed E-state index contributed by atoms with van der Waals surface area (Å²) in [6.45, 7) is 6.33. The standard InChI is InChI=1S/C27H31N5O4S/c1-18(2)35-25-11-8-19(16-20(25)17-28)27-29-26(30-36-27)23-7-5-6-22-21(23)9-10-24(22)31-37(33,34)15-14-32-12-3-4-13-32/h5-8,11,16,18,24,31H,3-4,9-10,12-15H2,1-2H3. The molecule has 1 atom stereocenters. The van der Waals surface area contributed by atoms with Crippen LogP contribution in [0, 0.1) is 11.3 Å². The van der Waals surface area contributed by atoms with Crippen LogP contribution in [0.2, 0.25) is 0 Å². The van der Waals surface area contributed by atoms with E-state index in [0.717, 1.165) is 42.6 Å². The Morgan fingerprint density at radius 2 is 2.05 bits per heavy atom. The Hall–Kier alpha value is -3.26. The Labute approximate surface area is 217 Å². The van der Waals surface area contributed by atoms with E-state index in [2.05, 4.69) is 25.8 Å². The van der Waals surface area contributed by atoms with Gasteiger partial charge in [0.15, 0.2) is 0 Å². The molecule has 10 heteroatoms. The molecule has 1 aliphatic heterocycles. The van der Waals surface area contributed by atoms with Crippen LogP contribution in [0.5, 0.6) is 5.75 Å². The maximum atomic E-state index is 12.8. The van der Waals surface area contributed by atoms with Crippen molar-refractivity contribution in [1.29, 1.82) is 5.26 Å². The normalized spacial score (nSPS) is 17.7. The van der Waals surface area contributed by atoms with Gasteiger partial charge in [-0.1, -0.05) is 23.4 Å². The molecule has 2 aliphatic rings. The van der Waals surface area contributed by atoms with E-state index >= 15 is 0 Å². The van der Waals surface area contributed by atoms with E-state index in [1.165, 1.54) is 0 Å². The summed E-state index contributed by atoms with van der Waals surface area (Å²) in [5.74, 6) is 1.36. The van der Waals surface area contributed by atoms with Crippen molar-refractivity contribution in [1.82, 2.24) is 19.8 Å². The number of benzene rings is 2. The molecule has 1 N–H and O–H groups in total. The molecule has 1 fully saturated rings. The summed E-state index contributed by atoms with van der Waals surface area (Å²) in [5, 5.41) is 13.7. The van der Waals surface area contributed by atoms with Crippen molar-refractivity contribution >= 4 is 10.0 Å². The number of sulfonamides is 1. The molecule has 0 spiro atoms. The van der Waals surface area contributed by atoms with Gasteiger partial charge in [-0.3, -0.25) is 0 Å². The van der Waals surface area contributed by atoms with Crippen LogP contribution in [0.15, 0.2) is 40.9 Å². The first-order valence-electron chi connectivity index (χ1n) is 12.7. The molecule has 5 rings (SSSR count). The van der Waals surface area contributed by atoms with E-state index < -0.39 is 10.0 Å². The minimum Gasteiger partial charge on any atom is -0.490 e. The number of hydrogen-bond donors (Lipinski definition) is 1. The van der Waals surface area contributed by atoms with Gasteiger partial charge in [-0.25, -0.2) is 13.1 Å². The lowest BCUT2D eigenvalue weighted by Gasteiger charge is -2.18. The number of fused-ring (bicyclic) bond motifs is 1. The van der Waals surface area contributed by atoms with Crippen molar-refractivity contribution in [3.8, 4) is 34.7 Å². The van der Waals surface area contributed by atoms with Gasteiger partial charge in [-0.2, -0.15) is 10.2 Å². The molecule has 0 bridgehead atoms. The quantitative estimate of drug-likeness (QED) is 0.447. The maximum absolute atomic E-state index is 12.8. The third kappa shape index (κ3) is 5.69. The third-order valence-corrected chi connectivity index (χ3v) is 8.21. The molecule has 1 aliphatic carbocycles. The summed E-state index contributed by atoms with van der Waals surface area (Å²) in [6, 6.07) is 12.9. The number of nitriles is 1. The summed E-state index contributed by atoms with van der Waals surface area (Å²) < 4.78 is 39.7. The van der Waals surface area contributed by atoms with E-state index in [1.807, 2.05) is 32.0 Å². The molecule has 3 aromatic rings. The minimum atomic E-state index is -3.40. The van der Waals surface area contributed by atoms with Gasteiger partial charge in [0.2, 0.25) is 15.8 Å². The Morgan fingerprint density at radius 3 is 2.81 bits per heavy atom. The summed E-state index contributed by atoms with van der Waals surface area (Å²) in [6.07, 6.45) is 3.63. The number of nitrogens with zero attached hydrogens (tertiary/aromatic N) is 4. The molecule has 0 amide bonds. The van der Waals surface area contributed by atoms with Crippen LogP contribution >= 0.6 is 0 Å². The number of rotatable bonds is 9. The number of likely N-dealkylation sites (tertiary alicyclic amines) is 1. The lowest BCUT2D eigenvalue weighted by atomic mass is 10.0. The van der Waals surface area contributed by atoms with E-state index in [9.17, 15) is 13.7 Å². The highest BCUT2D eigenvalue weighted by Crippen LogP contribution is 2.38. The first-order valence-corrected chi connectivity index (χ1v) is 14.4. The first-order chi connectivity index (χ1) is 17.8. The number of nitrogens with one attached hydrogen (secondary N) is 1. The van der Waals surface area contributed by atoms with Gasteiger partial charge in [0.1, 0.15) is 11.8 Å². The van der Waals surface area contributed by atoms with Crippen molar-refractivity contribution in [2.45, 2.75) is 51.7 Å². The minimum absolute atomic E-state index is 0.0495. The number of aromatic nitrogens is 2. The molecule has 37 heavy (non-hydrogen) atoms. The van der Waals surface area contributed by atoms with Gasteiger partial charge in [-0.05, 0) is 81.9 Å². The fourth-order valence-corrected chi connectivity index (χ4v) is 6.37. The fraction of sp³-hybridized carbons (Fsp3) is 0.444. The highest BCUT2D eigenvalue weighted by atomic mass is 32.2. The smallest absolute Gasteiger partial charge is 0.258 e. The van der Waals surface area contributed by atoms with Crippen LogP contribution in [0.1, 0.15) is 55.8 Å². The van der Waals surface area contributed by atoms with Gasteiger partial charge in [-0.15, -0.1) is 0 Å². The van der Waals surface area contributed by atoms with Crippen molar-refractivity contribution in [2.24, 2.45) is 0 Å². The number of hydrogen-bond acceptors (Lipinski definition) is 8. The Balaban J connectivity index is 1.34. The second-order valence-corrected chi connectivity index (χ2v) is 11.7. The van der Waals surface area contributed by atoms with Gasteiger partial charge >= 0.3 is 0 Å². The lowest BCUT2D eigenvalue weighted by Crippen LogP contribution is -2.35. The fourth-order valence-electron chi connectivity index (χ4n) is 5.07. The summed E-state index contributed by atoms with van der Waals surface area (Å²) >= 11 is 0. The van der Waals surface area contributed by atoms with Crippen LogP contribution in [0.3, 0.4) is 0 Å². The largest absolute Gasteiger partial charge is 0.490 e. The monoisotopic (exact) mass is 521 g/mol. The molecule has 194 valence electrons.